The molecular weight excluding hydrogens is 260 g/mol. The van der Waals surface area contributed by atoms with Crippen LogP contribution in [0.3, 0.4) is 0 Å². The van der Waals surface area contributed by atoms with Gasteiger partial charge in [-0.05, 0) is 36.5 Å². The van der Waals surface area contributed by atoms with Crippen molar-refractivity contribution in [2.45, 2.75) is 32.2 Å². The zero-order chi connectivity index (χ0) is 14.7. The second-order valence-electron chi connectivity index (χ2n) is 5.82. The molecule has 0 spiro atoms. The molecule has 1 aliphatic rings. The van der Waals surface area contributed by atoms with Crippen LogP contribution in [-0.2, 0) is 6.42 Å². The Labute approximate surface area is 126 Å². The Bertz CT molecular complexity index is 586. The first-order chi connectivity index (χ1) is 10.2. The number of anilines is 1. The molecule has 4 nitrogen and oxygen atoms in total. The van der Waals surface area contributed by atoms with Gasteiger partial charge in [0.15, 0.2) is 0 Å². The Morgan fingerprint density at radius 2 is 1.81 bits per heavy atom. The molecule has 0 unspecified atom stereocenters. The maximum Gasteiger partial charge on any atom is 0.225 e. The topological polar surface area (TPSA) is 55.0 Å². The molecule has 3 rings (SSSR count). The van der Waals surface area contributed by atoms with Gasteiger partial charge in [0.1, 0.15) is 0 Å². The quantitative estimate of drug-likeness (QED) is 0.938. The summed E-state index contributed by atoms with van der Waals surface area (Å²) in [5.41, 5.74) is 9.73. The van der Waals surface area contributed by atoms with E-state index in [2.05, 4.69) is 46.1 Å². The van der Waals surface area contributed by atoms with Gasteiger partial charge in [0.2, 0.25) is 5.95 Å². The molecule has 1 aromatic carbocycles. The summed E-state index contributed by atoms with van der Waals surface area (Å²) in [5.74, 6) is 0.829. The second kappa shape index (κ2) is 6.22. The van der Waals surface area contributed by atoms with E-state index in [1.807, 2.05) is 12.4 Å². The van der Waals surface area contributed by atoms with Crippen LogP contribution in [0.25, 0.3) is 0 Å². The summed E-state index contributed by atoms with van der Waals surface area (Å²) < 4.78 is 0. The summed E-state index contributed by atoms with van der Waals surface area (Å²) >= 11 is 0. The highest BCUT2D eigenvalue weighted by Gasteiger charge is 2.17. The van der Waals surface area contributed by atoms with Gasteiger partial charge in [-0.2, -0.15) is 0 Å². The predicted octanol–water partition coefficient (Wildman–Crippen LogP) is 2.30. The Morgan fingerprint density at radius 3 is 2.48 bits per heavy atom. The molecule has 0 bridgehead atoms. The van der Waals surface area contributed by atoms with Gasteiger partial charge in [0, 0.05) is 37.9 Å². The number of nitrogens with zero attached hydrogens (tertiary/aromatic N) is 3. The van der Waals surface area contributed by atoms with Crippen LogP contribution in [0.4, 0.5) is 5.95 Å². The Kier molecular flexibility index (Phi) is 4.15. The molecule has 1 saturated heterocycles. The zero-order valence-corrected chi connectivity index (χ0v) is 12.5. The zero-order valence-electron chi connectivity index (χ0n) is 12.5. The third kappa shape index (κ3) is 3.39. The summed E-state index contributed by atoms with van der Waals surface area (Å²) in [6.07, 6.45) is 6.83. The number of benzene rings is 1. The minimum Gasteiger partial charge on any atom is -0.341 e. The highest BCUT2D eigenvalue weighted by atomic mass is 15.2. The molecular formula is C17H22N4. The van der Waals surface area contributed by atoms with E-state index >= 15 is 0 Å². The van der Waals surface area contributed by atoms with E-state index in [4.69, 9.17) is 5.73 Å². The SMILES string of the molecule is Cc1ccccc1Cc1cnc(N2CCC(N)CC2)nc1. The van der Waals surface area contributed by atoms with Crippen LogP contribution >= 0.6 is 0 Å². The maximum atomic E-state index is 5.93. The largest absolute Gasteiger partial charge is 0.341 e. The van der Waals surface area contributed by atoms with Crippen LogP contribution in [0.2, 0.25) is 0 Å². The van der Waals surface area contributed by atoms with Gasteiger partial charge in [-0.3, -0.25) is 0 Å². The minimum absolute atomic E-state index is 0.335. The van der Waals surface area contributed by atoms with Crippen LogP contribution < -0.4 is 10.6 Å². The molecule has 2 N–H and O–H groups in total. The first kappa shape index (κ1) is 14.0. The van der Waals surface area contributed by atoms with Crippen LogP contribution in [0.1, 0.15) is 29.5 Å². The molecule has 1 aliphatic heterocycles. The fraction of sp³-hybridized carbons (Fsp3) is 0.412. The van der Waals surface area contributed by atoms with Gasteiger partial charge in [0.25, 0.3) is 0 Å². The van der Waals surface area contributed by atoms with Crippen molar-refractivity contribution in [2.24, 2.45) is 5.73 Å². The van der Waals surface area contributed by atoms with E-state index in [9.17, 15) is 0 Å². The summed E-state index contributed by atoms with van der Waals surface area (Å²) in [7, 11) is 0. The average Bonchev–Trinajstić information content (AvgIpc) is 2.51. The van der Waals surface area contributed by atoms with E-state index in [0.717, 1.165) is 43.9 Å². The molecule has 1 aromatic heterocycles. The first-order valence-corrected chi connectivity index (χ1v) is 7.58. The van der Waals surface area contributed by atoms with Crippen LogP contribution in [0.5, 0.6) is 0 Å². The second-order valence-corrected chi connectivity index (χ2v) is 5.82. The van der Waals surface area contributed by atoms with E-state index in [0.29, 0.717) is 6.04 Å². The molecule has 4 heteroatoms. The number of hydrogen-bond donors (Lipinski definition) is 1. The molecule has 0 saturated carbocycles. The average molecular weight is 282 g/mol. The molecule has 21 heavy (non-hydrogen) atoms. The number of piperidine rings is 1. The maximum absolute atomic E-state index is 5.93. The minimum atomic E-state index is 0.335. The van der Waals surface area contributed by atoms with Crippen molar-refractivity contribution < 1.29 is 0 Å². The molecule has 1 fully saturated rings. The number of hydrogen-bond acceptors (Lipinski definition) is 4. The lowest BCUT2D eigenvalue weighted by molar-refractivity contribution is 0.495. The fourth-order valence-electron chi connectivity index (χ4n) is 2.73. The number of rotatable bonds is 3. The third-order valence-electron chi connectivity index (χ3n) is 4.17. The normalized spacial score (nSPS) is 16.2. The Balaban J connectivity index is 1.68. The van der Waals surface area contributed by atoms with Crippen molar-refractivity contribution in [3.63, 3.8) is 0 Å². The van der Waals surface area contributed by atoms with Gasteiger partial charge >= 0.3 is 0 Å². The highest BCUT2D eigenvalue weighted by Crippen LogP contribution is 2.17. The van der Waals surface area contributed by atoms with Gasteiger partial charge in [-0.1, -0.05) is 24.3 Å². The lowest BCUT2D eigenvalue weighted by Crippen LogP contribution is -2.40. The van der Waals surface area contributed by atoms with E-state index in [1.54, 1.807) is 0 Å². The van der Waals surface area contributed by atoms with Crippen molar-refractivity contribution in [1.29, 1.82) is 0 Å². The highest BCUT2D eigenvalue weighted by molar-refractivity contribution is 5.34. The molecule has 0 atom stereocenters. The van der Waals surface area contributed by atoms with Gasteiger partial charge in [-0.25, -0.2) is 9.97 Å². The van der Waals surface area contributed by atoms with Crippen LogP contribution in [-0.4, -0.2) is 29.1 Å². The number of nitrogens with two attached hydrogens (primary N) is 1. The molecule has 2 heterocycles. The van der Waals surface area contributed by atoms with E-state index < -0.39 is 0 Å². The van der Waals surface area contributed by atoms with Gasteiger partial charge in [-0.15, -0.1) is 0 Å². The lowest BCUT2D eigenvalue weighted by atomic mass is 10.0. The van der Waals surface area contributed by atoms with Crippen molar-refractivity contribution in [2.75, 3.05) is 18.0 Å². The summed E-state index contributed by atoms with van der Waals surface area (Å²) in [6.45, 7) is 4.05. The fourth-order valence-corrected chi connectivity index (χ4v) is 2.73. The van der Waals surface area contributed by atoms with E-state index in [1.165, 1.54) is 11.1 Å². The lowest BCUT2D eigenvalue weighted by Gasteiger charge is -2.30. The predicted molar refractivity (Wildman–Crippen MR) is 85.4 cm³/mol. The first-order valence-electron chi connectivity index (χ1n) is 7.58. The molecule has 110 valence electrons. The molecule has 0 amide bonds. The number of aromatic nitrogens is 2. The summed E-state index contributed by atoms with van der Waals surface area (Å²) in [5, 5.41) is 0. The van der Waals surface area contributed by atoms with Crippen LogP contribution in [0.15, 0.2) is 36.7 Å². The molecule has 2 aromatic rings. The van der Waals surface area contributed by atoms with Crippen molar-refractivity contribution in [1.82, 2.24) is 9.97 Å². The van der Waals surface area contributed by atoms with Gasteiger partial charge in [0.05, 0.1) is 0 Å². The standard InChI is InChI=1S/C17H22N4/c1-13-4-2-3-5-15(13)10-14-11-19-17(20-12-14)21-8-6-16(18)7-9-21/h2-5,11-12,16H,6-10,18H2,1H3. The summed E-state index contributed by atoms with van der Waals surface area (Å²) in [4.78, 5) is 11.3. The van der Waals surface area contributed by atoms with Crippen molar-refractivity contribution in [3.05, 3.63) is 53.3 Å². The Hall–Kier alpha value is -1.94. The van der Waals surface area contributed by atoms with Crippen molar-refractivity contribution in [3.8, 4) is 0 Å². The number of aryl methyl sites for hydroxylation is 1. The van der Waals surface area contributed by atoms with Crippen molar-refractivity contribution >= 4 is 5.95 Å². The summed E-state index contributed by atoms with van der Waals surface area (Å²) in [6, 6.07) is 8.78. The smallest absolute Gasteiger partial charge is 0.225 e. The third-order valence-corrected chi connectivity index (χ3v) is 4.17. The molecule has 0 aliphatic carbocycles. The Morgan fingerprint density at radius 1 is 1.14 bits per heavy atom. The van der Waals surface area contributed by atoms with Crippen LogP contribution in [0, 0.1) is 6.92 Å². The van der Waals surface area contributed by atoms with Gasteiger partial charge < -0.3 is 10.6 Å². The molecule has 0 radical (unpaired) electrons. The monoisotopic (exact) mass is 282 g/mol. The van der Waals surface area contributed by atoms with E-state index in [-0.39, 0.29) is 0 Å².